The molecular formula is C19H21ClN2O2S. The molecule has 3 aliphatic rings. The Labute approximate surface area is 156 Å². The number of carbonyl (C=O) groups is 1. The van der Waals surface area contributed by atoms with Crippen LogP contribution in [0.4, 0.5) is 0 Å². The molecule has 25 heavy (non-hydrogen) atoms. The summed E-state index contributed by atoms with van der Waals surface area (Å²) >= 11 is 7.29. The Balaban J connectivity index is 1.40. The number of thiophene rings is 1. The Morgan fingerprint density at radius 1 is 1.20 bits per heavy atom. The van der Waals surface area contributed by atoms with Crippen molar-refractivity contribution >= 4 is 28.8 Å². The predicted octanol–water partition coefficient (Wildman–Crippen LogP) is 4.41. The summed E-state index contributed by atoms with van der Waals surface area (Å²) in [5.41, 5.74) is 0.667. The fourth-order valence-electron chi connectivity index (χ4n) is 3.92. The van der Waals surface area contributed by atoms with Gasteiger partial charge in [-0.3, -0.25) is 9.69 Å². The van der Waals surface area contributed by atoms with E-state index in [1.807, 2.05) is 30.3 Å². The zero-order valence-corrected chi connectivity index (χ0v) is 15.6. The van der Waals surface area contributed by atoms with E-state index in [0.29, 0.717) is 27.6 Å². The minimum atomic E-state index is -0.00341. The van der Waals surface area contributed by atoms with Gasteiger partial charge in [0.05, 0.1) is 4.34 Å². The quantitative estimate of drug-likeness (QED) is 0.859. The molecule has 3 saturated heterocycles. The van der Waals surface area contributed by atoms with Gasteiger partial charge in [0.2, 0.25) is 0 Å². The number of halogens is 1. The summed E-state index contributed by atoms with van der Waals surface area (Å²) in [4.78, 5) is 15.1. The van der Waals surface area contributed by atoms with Crippen LogP contribution in [-0.2, 0) is 0 Å². The summed E-state index contributed by atoms with van der Waals surface area (Å²) in [5, 5.41) is 3.99. The molecule has 0 unspecified atom stereocenters. The fraction of sp³-hybridized carbons (Fsp3) is 0.421. The van der Waals surface area contributed by atoms with Gasteiger partial charge in [0.25, 0.3) is 5.91 Å². The number of carbonyl (C=O) groups excluding carboxylic acids is 1. The SMILES string of the molecule is C[C@H]1[C@H](NC(=O)c2ccc(Oc3ccc(Cl)s3)cc2)C2CCN1CC2. The van der Waals surface area contributed by atoms with Gasteiger partial charge in [-0.25, -0.2) is 0 Å². The maximum absolute atomic E-state index is 12.6. The molecule has 0 spiro atoms. The van der Waals surface area contributed by atoms with Crippen molar-refractivity contribution in [2.45, 2.75) is 31.8 Å². The van der Waals surface area contributed by atoms with Gasteiger partial charge in [-0.15, -0.1) is 0 Å². The summed E-state index contributed by atoms with van der Waals surface area (Å²) in [6.07, 6.45) is 2.37. The number of benzene rings is 1. The van der Waals surface area contributed by atoms with E-state index in [0.717, 1.165) is 18.2 Å². The number of amides is 1. The van der Waals surface area contributed by atoms with Crippen molar-refractivity contribution in [2.24, 2.45) is 5.92 Å². The molecular weight excluding hydrogens is 356 g/mol. The standard InChI is InChI=1S/C19H21ClN2O2S/c1-12-18(13-8-10-22(12)11-9-13)21-19(23)14-2-4-15(5-3-14)24-17-7-6-16(20)25-17/h2-7,12-13,18H,8-11H2,1H3,(H,21,23)/t12-,18-/m0/s1. The minimum Gasteiger partial charge on any atom is -0.447 e. The molecule has 4 heterocycles. The highest BCUT2D eigenvalue weighted by Crippen LogP contribution is 2.33. The van der Waals surface area contributed by atoms with Crippen LogP contribution in [0.1, 0.15) is 30.1 Å². The van der Waals surface area contributed by atoms with Crippen molar-refractivity contribution in [3.63, 3.8) is 0 Å². The number of hydrogen-bond donors (Lipinski definition) is 1. The predicted molar refractivity (Wildman–Crippen MR) is 101 cm³/mol. The van der Waals surface area contributed by atoms with Crippen LogP contribution in [0, 0.1) is 5.92 Å². The van der Waals surface area contributed by atoms with Crippen molar-refractivity contribution in [2.75, 3.05) is 13.1 Å². The van der Waals surface area contributed by atoms with Crippen molar-refractivity contribution in [1.29, 1.82) is 0 Å². The average molecular weight is 377 g/mol. The van der Waals surface area contributed by atoms with Gasteiger partial charge < -0.3 is 10.1 Å². The maximum atomic E-state index is 12.6. The summed E-state index contributed by atoms with van der Waals surface area (Å²) in [7, 11) is 0. The van der Waals surface area contributed by atoms with Crippen LogP contribution >= 0.6 is 22.9 Å². The summed E-state index contributed by atoms with van der Waals surface area (Å²) in [5.74, 6) is 1.30. The van der Waals surface area contributed by atoms with E-state index >= 15 is 0 Å². The van der Waals surface area contributed by atoms with Crippen LogP contribution in [0.15, 0.2) is 36.4 Å². The van der Waals surface area contributed by atoms with Crippen molar-refractivity contribution in [1.82, 2.24) is 10.2 Å². The van der Waals surface area contributed by atoms with Gasteiger partial charge in [0.15, 0.2) is 5.06 Å². The first-order valence-electron chi connectivity index (χ1n) is 8.68. The number of nitrogens with zero attached hydrogens (tertiary/aromatic N) is 1. The van der Waals surface area contributed by atoms with E-state index in [1.54, 1.807) is 6.07 Å². The van der Waals surface area contributed by atoms with Gasteiger partial charge in [-0.2, -0.15) is 0 Å². The topological polar surface area (TPSA) is 41.6 Å². The molecule has 2 aromatic rings. The zero-order chi connectivity index (χ0) is 17.4. The monoisotopic (exact) mass is 376 g/mol. The second-order valence-electron chi connectivity index (χ2n) is 6.80. The molecule has 1 N–H and O–H groups in total. The van der Waals surface area contributed by atoms with Crippen LogP contribution in [0.2, 0.25) is 4.34 Å². The molecule has 6 heteroatoms. The Bertz CT molecular complexity index is 751. The average Bonchev–Trinajstić information content (AvgIpc) is 3.04. The number of hydrogen-bond acceptors (Lipinski definition) is 4. The molecule has 1 aromatic carbocycles. The molecule has 3 fully saturated rings. The first-order valence-corrected chi connectivity index (χ1v) is 9.88. The summed E-state index contributed by atoms with van der Waals surface area (Å²) in [6.45, 7) is 4.55. The number of rotatable bonds is 4. The lowest BCUT2D eigenvalue weighted by atomic mass is 9.79. The molecule has 0 aliphatic carbocycles. The Morgan fingerprint density at radius 3 is 2.52 bits per heavy atom. The van der Waals surface area contributed by atoms with Crippen LogP contribution in [0.5, 0.6) is 10.8 Å². The normalized spacial score (nSPS) is 27.9. The van der Waals surface area contributed by atoms with E-state index in [-0.39, 0.29) is 11.9 Å². The lowest BCUT2D eigenvalue weighted by Gasteiger charge is -2.49. The highest BCUT2D eigenvalue weighted by atomic mass is 35.5. The number of nitrogens with one attached hydrogen (secondary N) is 1. The Morgan fingerprint density at radius 2 is 1.92 bits per heavy atom. The van der Waals surface area contributed by atoms with Crippen LogP contribution < -0.4 is 10.1 Å². The van der Waals surface area contributed by atoms with Gasteiger partial charge in [-0.05, 0) is 75.2 Å². The molecule has 4 nitrogen and oxygen atoms in total. The summed E-state index contributed by atoms with van der Waals surface area (Å²) < 4.78 is 6.43. The molecule has 1 aromatic heterocycles. The summed E-state index contributed by atoms with van der Waals surface area (Å²) in [6, 6.07) is 11.6. The van der Waals surface area contributed by atoms with Gasteiger partial charge in [0, 0.05) is 17.6 Å². The minimum absolute atomic E-state index is 0.00341. The smallest absolute Gasteiger partial charge is 0.251 e. The molecule has 2 atom stereocenters. The molecule has 132 valence electrons. The number of ether oxygens (including phenoxy) is 1. The van der Waals surface area contributed by atoms with Crippen molar-refractivity contribution in [3.8, 4) is 10.8 Å². The lowest BCUT2D eigenvalue weighted by molar-refractivity contribution is 0.0217. The molecule has 0 radical (unpaired) electrons. The third-order valence-electron chi connectivity index (χ3n) is 5.36. The first-order chi connectivity index (χ1) is 12.1. The lowest BCUT2D eigenvalue weighted by Crippen LogP contribution is -2.62. The Kier molecular flexibility index (Phi) is 4.71. The van der Waals surface area contributed by atoms with Gasteiger partial charge in [-0.1, -0.05) is 22.9 Å². The van der Waals surface area contributed by atoms with Crippen LogP contribution in [0.3, 0.4) is 0 Å². The zero-order valence-electron chi connectivity index (χ0n) is 14.1. The second kappa shape index (κ2) is 6.98. The van der Waals surface area contributed by atoms with Crippen LogP contribution in [0.25, 0.3) is 0 Å². The van der Waals surface area contributed by atoms with E-state index in [2.05, 4.69) is 17.1 Å². The third kappa shape index (κ3) is 3.54. The molecule has 2 bridgehead atoms. The van der Waals surface area contributed by atoms with E-state index in [4.69, 9.17) is 16.3 Å². The molecule has 5 rings (SSSR count). The van der Waals surface area contributed by atoms with E-state index in [1.165, 1.54) is 24.2 Å². The second-order valence-corrected chi connectivity index (χ2v) is 8.48. The van der Waals surface area contributed by atoms with Crippen LogP contribution in [-0.4, -0.2) is 36.0 Å². The maximum Gasteiger partial charge on any atom is 0.251 e. The largest absolute Gasteiger partial charge is 0.447 e. The van der Waals surface area contributed by atoms with Crippen molar-refractivity contribution in [3.05, 3.63) is 46.3 Å². The highest BCUT2D eigenvalue weighted by Gasteiger charge is 2.40. The van der Waals surface area contributed by atoms with E-state index in [9.17, 15) is 4.79 Å². The van der Waals surface area contributed by atoms with Gasteiger partial charge in [0.1, 0.15) is 5.75 Å². The highest BCUT2D eigenvalue weighted by molar-refractivity contribution is 7.17. The first kappa shape index (κ1) is 16.9. The fourth-order valence-corrected chi connectivity index (χ4v) is 4.82. The van der Waals surface area contributed by atoms with Crippen molar-refractivity contribution < 1.29 is 9.53 Å². The van der Waals surface area contributed by atoms with E-state index < -0.39 is 0 Å². The molecule has 3 aliphatic heterocycles. The molecule has 0 saturated carbocycles. The van der Waals surface area contributed by atoms with Gasteiger partial charge >= 0.3 is 0 Å². The number of fused-ring (bicyclic) bond motifs is 3. The molecule has 1 amide bonds. The number of piperidine rings is 3. The Hall–Kier alpha value is -1.56. The third-order valence-corrected chi connectivity index (χ3v) is 6.47.